The molecule has 1 heterocycles. The van der Waals surface area contributed by atoms with E-state index in [1.165, 1.54) is 0 Å². The highest BCUT2D eigenvalue weighted by Crippen LogP contribution is 2.34. The van der Waals surface area contributed by atoms with Crippen molar-refractivity contribution in [2.45, 2.75) is 51.0 Å². The minimum absolute atomic E-state index is 0.258. The number of likely N-dealkylation sites (tertiary alicyclic amines) is 1. The van der Waals surface area contributed by atoms with Gasteiger partial charge in [0.2, 0.25) is 5.91 Å². The van der Waals surface area contributed by atoms with Crippen LogP contribution in [0.25, 0.3) is 0 Å². The van der Waals surface area contributed by atoms with Crippen LogP contribution < -0.4 is 5.73 Å². The third-order valence-corrected chi connectivity index (χ3v) is 4.77. The molecule has 3 heteroatoms. The Balaban J connectivity index is 2.26. The van der Waals surface area contributed by atoms with E-state index in [9.17, 15) is 4.79 Å². The topological polar surface area (TPSA) is 46.3 Å². The van der Waals surface area contributed by atoms with Crippen molar-refractivity contribution in [2.75, 3.05) is 13.1 Å². The first kappa shape index (κ1) is 15.0. The average Bonchev–Trinajstić information content (AvgIpc) is 2.51. The Morgan fingerprint density at radius 2 is 1.75 bits per heavy atom. The van der Waals surface area contributed by atoms with Crippen LogP contribution in [0.2, 0.25) is 0 Å². The fraction of sp³-hybridized carbons (Fsp3) is 0.588. The van der Waals surface area contributed by atoms with Crippen LogP contribution in [0.3, 0.4) is 0 Å². The molecule has 0 saturated carbocycles. The summed E-state index contributed by atoms with van der Waals surface area (Å²) in [4.78, 5) is 15.1. The SMILES string of the molecule is CCC(CC)(C(=O)N1CCC(N)CC1)c1ccccc1. The van der Waals surface area contributed by atoms with Gasteiger partial charge in [-0.3, -0.25) is 4.79 Å². The number of amides is 1. The number of carbonyl (C=O) groups is 1. The molecule has 1 amide bonds. The summed E-state index contributed by atoms with van der Waals surface area (Å²) in [7, 11) is 0. The Morgan fingerprint density at radius 1 is 1.20 bits per heavy atom. The molecule has 0 spiro atoms. The summed E-state index contributed by atoms with van der Waals surface area (Å²) in [6.07, 6.45) is 3.53. The van der Waals surface area contributed by atoms with Gasteiger partial charge in [-0.2, -0.15) is 0 Å². The van der Waals surface area contributed by atoms with Crippen molar-refractivity contribution >= 4 is 5.91 Å². The predicted octanol–water partition coefficient (Wildman–Crippen LogP) is 2.69. The summed E-state index contributed by atoms with van der Waals surface area (Å²) >= 11 is 0. The number of benzene rings is 1. The van der Waals surface area contributed by atoms with Gasteiger partial charge >= 0.3 is 0 Å². The number of piperidine rings is 1. The van der Waals surface area contributed by atoms with Crippen LogP contribution >= 0.6 is 0 Å². The predicted molar refractivity (Wildman–Crippen MR) is 82.5 cm³/mol. The van der Waals surface area contributed by atoms with Crippen molar-refractivity contribution in [1.29, 1.82) is 0 Å². The van der Waals surface area contributed by atoms with Gasteiger partial charge in [-0.25, -0.2) is 0 Å². The van der Waals surface area contributed by atoms with Crippen LogP contribution in [-0.4, -0.2) is 29.9 Å². The van der Waals surface area contributed by atoms with Gasteiger partial charge in [0, 0.05) is 19.1 Å². The monoisotopic (exact) mass is 274 g/mol. The molecule has 2 rings (SSSR count). The van der Waals surface area contributed by atoms with Crippen LogP contribution in [0.4, 0.5) is 0 Å². The van der Waals surface area contributed by atoms with E-state index >= 15 is 0 Å². The molecule has 1 fully saturated rings. The Morgan fingerprint density at radius 3 is 2.25 bits per heavy atom. The first-order chi connectivity index (χ1) is 9.64. The van der Waals surface area contributed by atoms with E-state index in [2.05, 4.69) is 26.0 Å². The minimum atomic E-state index is -0.372. The molecular weight excluding hydrogens is 248 g/mol. The quantitative estimate of drug-likeness (QED) is 0.917. The van der Waals surface area contributed by atoms with Crippen LogP contribution in [0.15, 0.2) is 30.3 Å². The van der Waals surface area contributed by atoms with Gasteiger partial charge in [-0.05, 0) is 31.2 Å². The smallest absolute Gasteiger partial charge is 0.233 e. The van der Waals surface area contributed by atoms with Crippen molar-refractivity contribution in [3.63, 3.8) is 0 Å². The van der Waals surface area contributed by atoms with Crippen LogP contribution in [0, 0.1) is 0 Å². The Bertz CT molecular complexity index is 432. The molecule has 1 aromatic carbocycles. The molecule has 0 aromatic heterocycles. The zero-order valence-electron chi connectivity index (χ0n) is 12.6. The highest BCUT2D eigenvalue weighted by atomic mass is 16.2. The summed E-state index contributed by atoms with van der Waals surface area (Å²) in [5.74, 6) is 0.278. The second-order valence-corrected chi connectivity index (χ2v) is 5.78. The van der Waals surface area contributed by atoms with E-state index in [1.54, 1.807) is 0 Å². The van der Waals surface area contributed by atoms with Crippen LogP contribution in [0.1, 0.15) is 45.1 Å². The Kier molecular flexibility index (Phi) is 4.81. The van der Waals surface area contributed by atoms with Crippen molar-refractivity contribution in [1.82, 2.24) is 4.90 Å². The number of rotatable bonds is 4. The van der Waals surface area contributed by atoms with Crippen molar-refractivity contribution in [3.8, 4) is 0 Å². The highest BCUT2D eigenvalue weighted by molar-refractivity contribution is 5.88. The lowest BCUT2D eigenvalue weighted by atomic mass is 9.74. The molecule has 0 bridgehead atoms. The molecular formula is C17H26N2O. The molecule has 0 aliphatic carbocycles. The molecule has 1 saturated heterocycles. The zero-order valence-corrected chi connectivity index (χ0v) is 12.6. The summed E-state index contributed by atoms with van der Waals surface area (Å²) in [6.45, 7) is 5.83. The van der Waals surface area contributed by atoms with Gasteiger partial charge in [0.15, 0.2) is 0 Å². The molecule has 110 valence electrons. The normalized spacial score (nSPS) is 17.2. The maximum atomic E-state index is 13.1. The van der Waals surface area contributed by atoms with Crippen LogP contribution in [-0.2, 0) is 10.2 Å². The van der Waals surface area contributed by atoms with E-state index in [-0.39, 0.29) is 17.4 Å². The van der Waals surface area contributed by atoms with Gasteiger partial charge in [0.05, 0.1) is 5.41 Å². The van der Waals surface area contributed by atoms with Gasteiger partial charge in [0.25, 0.3) is 0 Å². The van der Waals surface area contributed by atoms with E-state index in [1.807, 2.05) is 23.1 Å². The van der Waals surface area contributed by atoms with Gasteiger partial charge in [-0.15, -0.1) is 0 Å². The zero-order chi connectivity index (χ0) is 14.6. The first-order valence-electron chi connectivity index (χ1n) is 7.74. The summed E-state index contributed by atoms with van der Waals surface area (Å²) < 4.78 is 0. The third kappa shape index (κ3) is 2.73. The number of hydrogen-bond acceptors (Lipinski definition) is 2. The fourth-order valence-corrected chi connectivity index (χ4v) is 3.25. The standard InChI is InChI=1S/C17H26N2O/c1-3-17(4-2,14-8-6-5-7-9-14)16(20)19-12-10-15(18)11-13-19/h5-9,15H,3-4,10-13,18H2,1-2H3. The highest BCUT2D eigenvalue weighted by Gasteiger charge is 2.40. The number of hydrogen-bond donors (Lipinski definition) is 1. The lowest BCUT2D eigenvalue weighted by molar-refractivity contribution is -0.139. The first-order valence-corrected chi connectivity index (χ1v) is 7.74. The lowest BCUT2D eigenvalue weighted by Gasteiger charge is -2.39. The molecule has 3 nitrogen and oxygen atoms in total. The summed E-state index contributed by atoms with van der Waals surface area (Å²) in [6, 6.07) is 10.5. The van der Waals surface area contributed by atoms with Gasteiger partial charge in [0.1, 0.15) is 0 Å². The third-order valence-electron chi connectivity index (χ3n) is 4.77. The average molecular weight is 274 g/mol. The fourth-order valence-electron chi connectivity index (χ4n) is 3.25. The maximum absolute atomic E-state index is 13.1. The van der Waals surface area contributed by atoms with Gasteiger partial charge in [-0.1, -0.05) is 44.2 Å². The molecule has 0 atom stereocenters. The second kappa shape index (κ2) is 6.40. The van der Waals surface area contributed by atoms with Crippen molar-refractivity contribution in [2.24, 2.45) is 5.73 Å². The number of nitrogens with two attached hydrogens (primary N) is 1. The van der Waals surface area contributed by atoms with Crippen LogP contribution in [0.5, 0.6) is 0 Å². The molecule has 1 aromatic rings. The summed E-state index contributed by atoms with van der Waals surface area (Å²) in [5, 5.41) is 0. The minimum Gasteiger partial charge on any atom is -0.342 e. The second-order valence-electron chi connectivity index (χ2n) is 5.78. The number of nitrogens with zero attached hydrogens (tertiary/aromatic N) is 1. The molecule has 0 unspecified atom stereocenters. The van der Waals surface area contributed by atoms with E-state index in [4.69, 9.17) is 5.73 Å². The Hall–Kier alpha value is -1.35. The van der Waals surface area contributed by atoms with E-state index < -0.39 is 0 Å². The molecule has 1 aliphatic rings. The summed E-state index contributed by atoms with van der Waals surface area (Å²) in [5.41, 5.74) is 6.72. The largest absolute Gasteiger partial charge is 0.342 e. The maximum Gasteiger partial charge on any atom is 0.233 e. The van der Waals surface area contributed by atoms with E-state index in [0.717, 1.165) is 44.3 Å². The Labute approximate surface area is 122 Å². The molecule has 2 N–H and O–H groups in total. The van der Waals surface area contributed by atoms with E-state index in [0.29, 0.717) is 0 Å². The number of carbonyl (C=O) groups excluding carboxylic acids is 1. The lowest BCUT2D eigenvalue weighted by Crippen LogP contribution is -2.51. The van der Waals surface area contributed by atoms with Crippen molar-refractivity contribution < 1.29 is 4.79 Å². The molecule has 20 heavy (non-hydrogen) atoms. The molecule has 0 radical (unpaired) electrons. The van der Waals surface area contributed by atoms with Crippen molar-refractivity contribution in [3.05, 3.63) is 35.9 Å². The molecule has 1 aliphatic heterocycles. The van der Waals surface area contributed by atoms with Gasteiger partial charge < -0.3 is 10.6 Å².